The minimum Gasteiger partial charge on any atom is -0.383 e. The summed E-state index contributed by atoms with van der Waals surface area (Å²) in [6.45, 7) is 7.90. The second kappa shape index (κ2) is 17.1. The molecule has 180 valence electrons. The van der Waals surface area contributed by atoms with Crippen LogP contribution in [-0.2, 0) is 22.6 Å². The Morgan fingerprint density at radius 1 is 0.844 bits per heavy atom. The Balaban J connectivity index is 0.00000320. The third kappa shape index (κ3) is 11.0. The van der Waals surface area contributed by atoms with Crippen molar-refractivity contribution in [1.82, 2.24) is 15.1 Å². The number of ether oxygens (including phenoxy) is 1. The number of anilines is 1. The summed E-state index contributed by atoms with van der Waals surface area (Å²) in [7, 11) is 1.65. The van der Waals surface area contributed by atoms with Crippen LogP contribution in [0.25, 0.3) is 0 Å². The van der Waals surface area contributed by atoms with Crippen LogP contribution in [0.2, 0.25) is 0 Å². The highest BCUT2D eigenvalue weighted by Gasteiger charge is 2.17. The number of nitrogens with one attached hydrogen (secondary N) is 2. The summed E-state index contributed by atoms with van der Waals surface area (Å²) in [6.07, 6.45) is 0. The van der Waals surface area contributed by atoms with Crippen molar-refractivity contribution in [2.45, 2.75) is 13.1 Å². The summed E-state index contributed by atoms with van der Waals surface area (Å²) < 4.78 is 4.95. The molecule has 0 radical (unpaired) electrons. The van der Waals surface area contributed by atoms with Gasteiger partial charge in [-0.1, -0.05) is 42.5 Å². The average molecular weight is 506 g/mol. The van der Waals surface area contributed by atoms with Crippen molar-refractivity contribution in [2.24, 2.45) is 0 Å². The number of methoxy groups -OCH3 is 1. The topological polar surface area (TPSA) is 56.8 Å². The van der Waals surface area contributed by atoms with E-state index in [0.717, 1.165) is 45.0 Å². The minimum atomic E-state index is -0.0385. The van der Waals surface area contributed by atoms with Crippen molar-refractivity contribution in [2.75, 3.05) is 58.3 Å². The molecule has 6 nitrogen and oxygen atoms in total. The van der Waals surface area contributed by atoms with Gasteiger partial charge in [-0.05, 0) is 23.3 Å². The summed E-state index contributed by atoms with van der Waals surface area (Å²) >= 11 is 0. The van der Waals surface area contributed by atoms with Crippen LogP contribution in [-0.4, -0.2) is 68.7 Å². The summed E-state index contributed by atoms with van der Waals surface area (Å²) in [6, 6.07) is 18.8. The van der Waals surface area contributed by atoms with Crippen LogP contribution in [0.5, 0.6) is 0 Å². The molecule has 0 unspecified atom stereocenters. The number of hydrogen-bond acceptors (Lipinski definition) is 5. The van der Waals surface area contributed by atoms with E-state index in [0.29, 0.717) is 19.7 Å². The van der Waals surface area contributed by atoms with E-state index in [1.165, 1.54) is 11.1 Å². The molecule has 1 aliphatic heterocycles. The second-order valence-electron chi connectivity index (χ2n) is 7.45. The lowest BCUT2D eigenvalue weighted by Crippen LogP contribution is -2.45. The van der Waals surface area contributed by atoms with E-state index >= 15 is 0 Å². The minimum absolute atomic E-state index is 0. The fourth-order valence-corrected chi connectivity index (χ4v) is 3.48. The number of nitrogens with zero attached hydrogens (tertiary/aromatic N) is 2. The van der Waals surface area contributed by atoms with Gasteiger partial charge in [-0.15, -0.1) is 37.2 Å². The zero-order valence-electron chi connectivity index (χ0n) is 18.5. The smallest absolute Gasteiger partial charge is 0.238 e. The molecule has 1 heterocycles. The van der Waals surface area contributed by atoms with Crippen molar-refractivity contribution in [3.05, 3.63) is 65.7 Å². The van der Waals surface area contributed by atoms with Crippen LogP contribution >= 0.6 is 37.2 Å². The number of amides is 1. The van der Waals surface area contributed by atoms with Gasteiger partial charge in [-0.3, -0.25) is 14.6 Å². The number of halogens is 3. The highest BCUT2D eigenvalue weighted by Crippen LogP contribution is 2.14. The van der Waals surface area contributed by atoms with Crippen molar-refractivity contribution >= 4 is 48.8 Å². The van der Waals surface area contributed by atoms with Crippen molar-refractivity contribution in [1.29, 1.82) is 0 Å². The van der Waals surface area contributed by atoms with E-state index in [1.807, 2.05) is 12.1 Å². The zero-order valence-corrected chi connectivity index (χ0v) is 20.9. The van der Waals surface area contributed by atoms with Crippen LogP contribution in [0.15, 0.2) is 54.6 Å². The van der Waals surface area contributed by atoms with Gasteiger partial charge in [0.05, 0.1) is 13.2 Å². The third-order valence-electron chi connectivity index (χ3n) is 5.13. The van der Waals surface area contributed by atoms with Gasteiger partial charge in [0.1, 0.15) is 0 Å². The molecule has 3 rings (SSSR count). The largest absolute Gasteiger partial charge is 0.383 e. The Morgan fingerprint density at radius 2 is 1.38 bits per heavy atom. The van der Waals surface area contributed by atoms with Gasteiger partial charge in [0.25, 0.3) is 0 Å². The van der Waals surface area contributed by atoms with Gasteiger partial charge >= 0.3 is 0 Å². The van der Waals surface area contributed by atoms with E-state index in [4.69, 9.17) is 4.74 Å². The van der Waals surface area contributed by atoms with Crippen LogP contribution in [0.4, 0.5) is 5.69 Å². The predicted octanol–water partition coefficient (Wildman–Crippen LogP) is 3.44. The zero-order chi connectivity index (χ0) is 20.3. The Morgan fingerprint density at radius 3 is 1.91 bits per heavy atom. The maximum atomic E-state index is 11.9. The molecule has 1 saturated heterocycles. The third-order valence-corrected chi connectivity index (χ3v) is 5.13. The number of piperazine rings is 1. The van der Waals surface area contributed by atoms with Gasteiger partial charge in [0, 0.05) is 58.6 Å². The molecular formula is C23H35Cl3N4O2. The molecular weight excluding hydrogens is 471 g/mol. The predicted molar refractivity (Wildman–Crippen MR) is 139 cm³/mol. The fraction of sp³-hybridized carbons (Fsp3) is 0.435. The quantitative estimate of drug-likeness (QED) is 0.485. The number of carbonyl (C=O) groups is 1. The first-order valence-corrected chi connectivity index (χ1v) is 10.3. The summed E-state index contributed by atoms with van der Waals surface area (Å²) in [5.74, 6) is -0.0385. The van der Waals surface area contributed by atoms with Crippen LogP contribution in [0, 0.1) is 0 Å². The lowest BCUT2D eigenvalue weighted by Gasteiger charge is -2.34. The van der Waals surface area contributed by atoms with E-state index in [1.54, 1.807) is 7.11 Å². The van der Waals surface area contributed by atoms with E-state index in [2.05, 4.69) is 62.9 Å². The lowest BCUT2D eigenvalue weighted by molar-refractivity contribution is -0.115. The van der Waals surface area contributed by atoms with Gasteiger partial charge in [-0.2, -0.15) is 0 Å². The van der Waals surface area contributed by atoms with Gasteiger partial charge < -0.3 is 15.4 Å². The molecule has 1 fully saturated rings. The molecule has 2 aromatic rings. The molecule has 0 bridgehead atoms. The van der Waals surface area contributed by atoms with Gasteiger partial charge in [0.2, 0.25) is 5.91 Å². The number of rotatable bonds is 10. The molecule has 1 amide bonds. The lowest BCUT2D eigenvalue weighted by atomic mass is 10.1. The average Bonchev–Trinajstić information content (AvgIpc) is 2.75. The van der Waals surface area contributed by atoms with Crippen LogP contribution in [0.3, 0.4) is 0 Å². The Kier molecular flexibility index (Phi) is 16.4. The van der Waals surface area contributed by atoms with Crippen molar-refractivity contribution < 1.29 is 9.53 Å². The first kappa shape index (κ1) is 30.6. The maximum absolute atomic E-state index is 11.9. The Bertz CT molecular complexity index is 743. The maximum Gasteiger partial charge on any atom is 0.238 e. The van der Waals surface area contributed by atoms with Crippen LogP contribution in [0.1, 0.15) is 11.1 Å². The number of hydrogen-bond donors (Lipinski definition) is 2. The van der Waals surface area contributed by atoms with E-state index in [-0.39, 0.29) is 43.1 Å². The molecule has 0 spiro atoms. The van der Waals surface area contributed by atoms with Crippen molar-refractivity contribution in [3.63, 3.8) is 0 Å². The highest BCUT2D eigenvalue weighted by atomic mass is 35.5. The van der Waals surface area contributed by atoms with E-state index < -0.39 is 0 Å². The molecule has 9 heteroatoms. The molecule has 0 atom stereocenters. The number of carbonyl (C=O) groups excluding carboxylic acids is 1. The molecule has 2 aromatic carbocycles. The molecule has 0 aromatic heterocycles. The molecule has 32 heavy (non-hydrogen) atoms. The summed E-state index contributed by atoms with van der Waals surface area (Å²) in [4.78, 5) is 16.9. The summed E-state index contributed by atoms with van der Waals surface area (Å²) in [5, 5.41) is 5.96. The Hall–Kier alpha value is -1.38. The van der Waals surface area contributed by atoms with Crippen molar-refractivity contribution in [3.8, 4) is 0 Å². The standard InChI is InChI=1S/C23H32N4O2.3ClH/c1-29-16-11-24-17-23(28)25-22-9-7-21(8-10-22)19-27-14-12-26(13-15-27)18-20-5-3-2-4-6-20;;;/h2-10,24H,11-19H2,1H3,(H,25,28);3*1H. The number of benzene rings is 2. The van der Waals surface area contributed by atoms with Gasteiger partial charge in [0.15, 0.2) is 0 Å². The normalized spacial score (nSPS) is 13.9. The Labute approximate surface area is 210 Å². The molecule has 1 aliphatic rings. The fourth-order valence-electron chi connectivity index (χ4n) is 3.48. The monoisotopic (exact) mass is 504 g/mol. The molecule has 0 saturated carbocycles. The van der Waals surface area contributed by atoms with Crippen LogP contribution < -0.4 is 10.6 Å². The van der Waals surface area contributed by atoms with Gasteiger partial charge in [-0.25, -0.2) is 0 Å². The SMILES string of the molecule is COCCNCC(=O)Nc1ccc(CN2CCN(Cc3ccccc3)CC2)cc1.Cl.Cl.Cl. The molecule has 0 aliphatic carbocycles. The first-order valence-electron chi connectivity index (χ1n) is 10.3. The second-order valence-corrected chi connectivity index (χ2v) is 7.45. The first-order chi connectivity index (χ1) is 14.2. The molecule has 2 N–H and O–H groups in total. The highest BCUT2D eigenvalue weighted by molar-refractivity contribution is 5.92. The summed E-state index contributed by atoms with van der Waals surface area (Å²) in [5.41, 5.74) is 3.49. The van der Waals surface area contributed by atoms with E-state index in [9.17, 15) is 4.79 Å².